The van der Waals surface area contributed by atoms with Crippen LogP contribution in [0.4, 0.5) is 0 Å². The number of rotatable bonds is 4. The van der Waals surface area contributed by atoms with Crippen molar-refractivity contribution in [2.75, 3.05) is 13.1 Å². The Morgan fingerprint density at radius 1 is 1.21 bits per heavy atom. The van der Waals surface area contributed by atoms with E-state index in [1.807, 2.05) is 13.0 Å². The number of aryl methyl sites for hydroxylation is 1. The summed E-state index contributed by atoms with van der Waals surface area (Å²) in [6.45, 7) is 1.59. The summed E-state index contributed by atoms with van der Waals surface area (Å²) in [5.74, 6) is -4.23. The van der Waals surface area contributed by atoms with Crippen LogP contribution < -0.4 is 21.3 Å². The van der Waals surface area contributed by atoms with Crippen LogP contribution in [0.3, 0.4) is 0 Å². The number of hydrogen-bond donors (Lipinski definition) is 8. The van der Waals surface area contributed by atoms with E-state index in [9.17, 15) is 24.6 Å². The van der Waals surface area contributed by atoms with Crippen molar-refractivity contribution in [2.45, 2.75) is 49.3 Å². The zero-order valence-corrected chi connectivity index (χ0v) is 18.4. The molecule has 0 aromatic heterocycles. The predicted molar refractivity (Wildman–Crippen MR) is 117 cm³/mol. The summed E-state index contributed by atoms with van der Waals surface area (Å²) >= 11 is 0. The molecule has 0 aliphatic carbocycles. The van der Waals surface area contributed by atoms with Gasteiger partial charge in [-0.2, -0.15) is 0 Å². The van der Waals surface area contributed by atoms with Crippen LogP contribution in [0.1, 0.15) is 28.8 Å². The van der Waals surface area contributed by atoms with Gasteiger partial charge in [0, 0.05) is 24.9 Å². The number of aliphatic hydroxyl groups is 2. The second-order valence-electron chi connectivity index (χ2n) is 9.12. The number of hydrogen-bond acceptors (Lipinski definition) is 7. The van der Waals surface area contributed by atoms with Gasteiger partial charge in [-0.15, -0.1) is 0 Å². The minimum atomic E-state index is -2.63. The van der Waals surface area contributed by atoms with E-state index < -0.39 is 35.5 Å². The average Bonchev–Trinajstić information content (AvgIpc) is 3.36. The van der Waals surface area contributed by atoms with Crippen molar-refractivity contribution < 1.29 is 24.6 Å². The number of nitrogens with one attached hydrogen (secondary N) is 6. The summed E-state index contributed by atoms with van der Waals surface area (Å²) in [5, 5.41) is 50.7. The minimum Gasteiger partial charge on any atom is -0.361 e. The van der Waals surface area contributed by atoms with Gasteiger partial charge < -0.3 is 36.4 Å². The van der Waals surface area contributed by atoms with Crippen molar-refractivity contribution >= 4 is 29.6 Å². The number of amides is 3. The zero-order valence-electron chi connectivity index (χ0n) is 18.4. The lowest BCUT2D eigenvalue weighted by molar-refractivity contribution is -0.232. The molecule has 8 N–H and O–H groups in total. The Bertz CT molecular complexity index is 1110. The summed E-state index contributed by atoms with van der Waals surface area (Å²) in [4.78, 5) is 39.6. The quantitative estimate of drug-likeness (QED) is 0.171. The highest BCUT2D eigenvalue weighted by Crippen LogP contribution is 2.43. The minimum absolute atomic E-state index is 0.101. The van der Waals surface area contributed by atoms with E-state index in [1.54, 1.807) is 18.2 Å². The van der Waals surface area contributed by atoms with Gasteiger partial charge in [0.05, 0.1) is 18.6 Å². The zero-order chi connectivity index (χ0) is 24.4. The van der Waals surface area contributed by atoms with Gasteiger partial charge in [0.25, 0.3) is 5.91 Å². The molecule has 1 spiro atoms. The Morgan fingerprint density at radius 2 is 1.91 bits per heavy atom. The van der Waals surface area contributed by atoms with Crippen molar-refractivity contribution in [3.05, 3.63) is 35.4 Å². The molecule has 180 valence electrons. The first-order valence-corrected chi connectivity index (χ1v) is 11.0. The van der Waals surface area contributed by atoms with Gasteiger partial charge in [-0.25, -0.2) is 0 Å². The third-order valence-electron chi connectivity index (χ3n) is 7.02. The van der Waals surface area contributed by atoms with Gasteiger partial charge in [-0.1, -0.05) is 17.7 Å². The molecule has 4 heterocycles. The molecule has 3 amide bonds. The smallest absolute Gasteiger partial charge is 0.251 e. The first-order valence-electron chi connectivity index (χ1n) is 11.0. The van der Waals surface area contributed by atoms with E-state index >= 15 is 0 Å². The summed E-state index contributed by atoms with van der Waals surface area (Å²) < 4.78 is 0. The van der Waals surface area contributed by atoms with Gasteiger partial charge in [-0.3, -0.25) is 30.1 Å². The van der Waals surface area contributed by atoms with Gasteiger partial charge in [0.2, 0.25) is 17.6 Å². The molecule has 34 heavy (non-hydrogen) atoms. The molecule has 0 radical (unpaired) electrons. The normalized spacial score (nSPS) is 31.6. The topological polar surface area (TPSA) is 194 Å². The fourth-order valence-electron chi connectivity index (χ4n) is 5.38. The SMILES string of the molecule is Cc1cccc(C(=O)NC2CN3C(=N)N[C@@H](CN4C(=O)CCC4=O)[C@@H]4NC(=N)N[C@@]43C2(O)O)c1. The molecule has 4 saturated heterocycles. The van der Waals surface area contributed by atoms with E-state index in [1.165, 1.54) is 4.90 Å². The van der Waals surface area contributed by atoms with Gasteiger partial charge in [0.15, 0.2) is 17.6 Å². The van der Waals surface area contributed by atoms with Crippen LogP contribution in [-0.4, -0.2) is 92.3 Å². The lowest BCUT2D eigenvalue weighted by Gasteiger charge is -2.51. The monoisotopic (exact) mass is 470 g/mol. The molecular formula is C21H26N8O5. The highest BCUT2D eigenvalue weighted by Gasteiger charge is 2.74. The van der Waals surface area contributed by atoms with E-state index in [0.717, 1.165) is 10.5 Å². The molecule has 13 heteroatoms. The predicted octanol–water partition coefficient (Wildman–Crippen LogP) is -2.66. The van der Waals surface area contributed by atoms with E-state index in [-0.39, 0.29) is 49.7 Å². The van der Waals surface area contributed by atoms with Crippen LogP contribution in [0.2, 0.25) is 0 Å². The van der Waals surface area contributed by atoms with E-state index in [4.69, 9.17) is 10.8 Å². The lowest BCUT2D eigenvalue weighted by Crippen LogP contribution is -2.81. The van der Waals surface area contributed by atoms with Crippen LogP contribution in [0.15, 0.2) is 24.3 Å². The Balaban J connectivity index is 1.46. The largest absolute Gasteiger partial charge is 0.361 e. The second-order valence-corrected chi connectivity index (χ2v) is 9.12. The molecular weight excluding hydrogens is 444 g/mol. The van der Waals surface area contributed by atoms with Crippen molar-refractivity contribution in [1.29, 1.82) is 10.8 Å². The third-order valence-corrected chi connectivity index (χ3v) is 7.02. The van der Waals surface area contributed by atoms with Crippen LogP contribution in [-0.2, 0) is 9.59 Å². The molecule has 13 nitrogen and oxygen atoms in total. The molecule has 0 bridgehead atoms. The van der Waals surface area contributed by atoms with E-state index in [0.29, 0.717) is 5.56 Å². The Hall–Kier alpha value is -3.71. The van der Waals surface area contributed by atoms with Crippen LogP contribution >= 0.6 is 0 Å². The highest BCUT2D eigenvalue weighted by atomic mass is 16.5. The molecule has 4 atom stereocenters. The first-order chi connectivity index (χ1) is 16.0. The van der Waals surface area contributed by atoms with Crippen LogP contribution in [0.25, 0.3) is 0 Å². The number of likely N-dealkylation sites (tertiary alicyclic amines) is 1. The fourth-order valence-corrected chi connectivity index (χ4v) is 5.38. The average molecular weight is 470 g/mol. The van der Waals surface area contributed by atoms with Crippen molar-refractivity contribution in [1.82, 2.24) is 31.1 Å². The number of guanidine groups is 2. The van der Waals surface area contributed by atoms with Crippen molar-refractivity contribution in [3.63, 3.8) is 0 Å². The van der Waals surface area contributed by atoms with Crippen LogP contribution in [0.5, 0.6) is 0 Å². The van der Waals surface area contributed by atoms with Crippen molar-refractivity contribution in [3.8, 4) is 0 Å². The van der Waals surface area contributed by atoms with Crippen molar-refractivity contribution in [2.24, 2.45) is 0 Å². The maximum atomic E-state index is 12.9. The maximum Gasteiger partial charge on any atom is 0.251 e. The molecule has 0 saturated carbocycles. The number of imide groups is 1. The second kappa shape index (κ2) is 7.40. The van der Waals surface area contributed by atoms with Gasteiger partial charge in [-0.05, 0) is 19.1 Å². The molecule has 4 aliphatic heterocycles. The van der Waals surface area contributed by atoms with Crippen LogP contribution in [0, 0.1) is 17.7 Å². The van der Waals surface area contributed by atoms with Gasteiger partial charge >= 0.3 is 0 Å². The summed E-state index contributed by atoms with van der Waals surface area (Å²) in [6, 6.07) is 3.89. The Kier molecular flexibility index (Phi) is 4.81. The molecule has 4 fully saturated rings. The van der Waals surface area contributed by atoms with E-state index in [2.05, 4.69) is 21.3 Å². The summed E-state index contributed by atoms with van der Waals surface area (Å²) in [7, 11) is 0. The molecule has 1 aromatic rings. The summed E-state index contributed by atoms with van der Waals surface area (Å²) in [5.41, 5.74) is -0.588. The standard InChI is InChI=1S/C21H26N8O5/c1-10-3-2-4-11(7-10)17(32)25-13-9-29-19(23)24-12(8-28-14(30)5-6-15(28)31)16-20(29,21(13,33)34)27-18(22)26-16/h2-4,7,12-13,16,33-34H,5-6,8-9H2,1H3,(H2,23,24)(H,25,32)(H3,22,26,27)/t12-,13?,16-,20-/m0/s1. The number of nitrogens with zero attached hydrogens (tertiary/aromatic N) is 2. The molecule has 5 rings (SSSR count). The molecule has 1 unspecified atom stereocenters. The maximum absolute atomic E-state index is 12.9. The van der Waals surface area contributed by atoms with Gasteiger partial charge in [0.1, 0.15) is 6.04 Å². The number of carbonyl (C=O) groups excluding carboxylic acids is 3. The Labute approximate surface area is 194 Å². The Morgan fingerprint density at radius 3 is 2.59 bits per heavy atom. The third kappa shape index (κ3) is 3.04. The highest BCUT2D eigenvalue weighted by molar-refractivity contribution is 6.02. The molecule has 4 aliphatic rings. The number of benzene rings is 1. The number of carbonyl (C=O) groups is 3. The fraction of sp³-hybridized carbons (Fsp3) is 0.476. The first kappa shape index (κ1) is 22.1. The lowest BCUT2D eigenvalue weighted by atomic mass is 9.84. The summed E-state index contributed by atoms with van der Waals surface area (Å²) in [6.07, 6.45) is 0.201. The molecule has 1 aromatic carbocycles.